The van der Waals surface area contributed by atoms with Gasteiger partial charge in [-0.25, -0.2) is 0 Å². The lowest BCUT2D eigenvalue weighted by atomic mass is 10.0. The Morgan fingerprint density at radius 3 is 1.16 bits per heavy atom. The van der Waals surface area contributed by atoms with Crippen LogP contribution in [0.5, 0.6) is 0 Å². The Bertz CT molecular complexity index is 821. The van der Waals surface area contributed by atoms with Crippen LogP contribution in [0.25, 0.3) is 0 Å². The Morgan fingerprint density at radius 2 is 0.860 bits per heavy atom. The number of aliphatic hydroxyl groups is 1. The Labute approximate surface area is 316 Å². The molecule has 5 nitrogen and oxygen atoms in total. The van der Waals surface area contributed by atoms with Crippen molar-refractivity contribution in [2.75, 3.05) is 6.61 Å². The summed E-state index contributed by atoms with van der Waals surface area (Å²) in [5, 5.41) is 13.7. The van der Waals surface area contributed by atoms with E-state index >= 15 is 0 Å². The van der Waals surface area contributed by atoms with Gasteiger partial charge in [0.2, 0.25) is 5.91 Å². The Balaban J connectivity index is 4.20. The summed E-state index contributed by atoms with van der Waals surface area (Å²) >= 11 is 0. The summed E-state index contributed by atoms with van der Waals surface area (Å²) in [4.78, 5) is 13.1. The SMILES string of the molecule is CCCCCCCCCCCCCCCCCCCCCCCCCC(=O)N[C@@H](CO)C(O[Si](C)(C)C(C)(C)C)[C@@H](C)O[Si](C)(C)C(C)(C)C. The zero-order valence-electron chi connectivity index (χ0n) is 36.1. The zero-order valence-corrected chi connectivity index (χ0v) is 38.1. The molecule has 0 saturated carbocycles. The van der Waals surface area contributed by atoms with Gasteiger partial charge in [0.1, 0.15) is 0 Å². The standard InChI is InChI=1S/C43H91NO4Si2/c1-13-14-15-16-17-18-19-20-21-22-23-24-25-26-27-28-29-30-31-32-33-34-35-36-40(46)44-39(37-45)41(48-50(11,12)43(6,7)8)38(2)47-49(9,10)42(3,4)5/h38-39,41,45H,13-37H2,1-12H3,(H,44,46)/t38-,39+,41?/m1/s1. The number of rotatable bonds is 32. The molecule has 0 rings (SSSR count). The molecule has 0 aliphatic heterocycles. The van der Waals surface area contributed by atoms with E-state index in [4.69, 9.17) is 8.85 Å². The monoisotopic (exact) mass is 742 g/mol. The second-order valence-electron chi connectivity index (χ2n) is 18.8. The molecule has 0 heterocycles. The maximum absolute atomic E-state index is 13.1. The van der Waals surface area contributed by atoms with Gasteiger partial charge in [0.05, 0.1) is 24.9 Å². The van der Waals surface area contributed by atoms with Gasteiger partial charge in [-0.15, -0.1) is 0 Å². The Morgan fingerprint density at radius 1 is 0.560 bits per heavy atom. The molecule has 0 saturated heterocycles. The lowest BCUT2D eigenvalue weighted by molar-refractivity contribution is -0.123. The molecule has 0 aromatic rings. The molecule has 300 valence electrons. The van der Waals surface area contributed by atoms with Crippen molar-refractivity contribution >= 4 is 22.5 Å². The van der Waals surface area contributed by atoms with Gasteiger partial charge < -0.3 is 19.3 Å². The van der Waals surface area contributed by atoms with E-state index in [0.29, 0.717) is 6.42 Å². The van der Waals surface area contributed by atoms with E-state index in [9.17, 15) is 9.90 Å². The quantitative estimate of drug-likeness (QED) is 0.0532. The predicted molar refractivity (Wildman–Crippen MR) is 225 cm³/mol. The van der Waals surface area contributed by atoms with Crippen LogP contribution in [-0.4, -0.2) is 52.5 Å². The van der Waals surface area contributed by atoms with Crippen molar-refractivity contribution < 1.29 is 18.8 Å². The lowest BCUT2D eigenvalue weighted by Gasteiger charge is -2.46. The van der Waals surface area contributed by atoms with Gasteiger partial charge in [-0.2, -0.15) is 0 Å². The largest absolute Gasteiger partial charge is 0.412 e. The van der Waals surface area contributed by atoms with Gasteiger partial charge in [0.15, 0.2) is 16.6 Å². The maximum Gasteiger partial charge on any atom is 0.220 e. The van der Waals surface area contributed by atoms with Crippen molar-refractivity contribution in [2.24, 2.45) is 0 Å². The Hall–Kier alpha value is -0.216. The third-order valence-electron chi connectivity index (χ3n) is 11.9. The average molecular weight is 742 g/mol. The lowest BCUT2D eigenvalue weighted by Crippen LogP contribution is -2.59. The van der Waals surface area contributed by atoms with Crippen LogP contribution in [0.1, 0.15) is 209 Å². The van der Waals surface area contributed by atoms with E-state index in [1.807, 2.05) is 0 Å². The number of hydrogen-bond donors (Lipinski definition) is 2. The van der Waals surface area contributed by atoms with Gasteiger partial charge in [-0.1, -0.05) is 190 Å². The number of hydrogen-bond acceptors (Lipinski definition) is 4. The van der Waals surface area contributed by atoms with Crippen LogP contribution in [0.4, 0.5) is 0 Å². The molecule has 0 radical (unpaired) electrons. The number of aliphatic hydroxyl groups excluding tert-OH is 1. The average Bonchev–Trinajstić information content (AvgIpc) is 3.01. The van der Waals surface area contributed by atoms with Crippen molar-refractivity contribution in [3.63, 3.8) is 0 Å². The van der Waals surface area contributed by atoms with Crippen molar-refractivity contribution in [1.82, 2.24) is 5.32 Å². The molecule has 0 fully saturated rings. The molecule has 7 heteroatoms. The molecule has 0 aromatic carbocycles. The number of amides is 1. The van der Waals surface area contributed by atoms with E-state index < -0.39 is 28.8 Å². The third kappa shape index (κ3) is 23.4. The molecular formula is C43H91NO4Si2. The number of nitrogens with one attached hydrogen (secondary N) is 1. The van der Waals surface area contributed by atoms with E-state index in [1.165, 1.54) is 135 Å². The maximum atomic E-state index is 13.1. The van der Waals surface area contributed by atoms with Crippen LogP contribution in [-0.2, 0) is 13.6 Å². The minimum absolute atomic E-state index is 0.0101. The van der Waals surface area contributed by atoms with Crippen LogP contribution in [0.3, 0.4) is 0 Å². The molecular weight excluding hydrogens is 651 g/mol. The normalized spacial score (nSPS) is 14.9. The van der Waals surface area contributed by atoms with Crippen molar-refractivity contribution in [1.29, 1.82) is 0 Å². The van der Waals surface area contributed by atoms with E-state index in [2.05, 4.69) is 86.9 Å². The summed E-state index contributed by atoms with van der Waals surface area (Å²) in [6.07, 6.45) is 31.3. The predicted octanol–water partition coefficient (Wildman–Crippen LogP) is 13.6. The van der Waals surface area contributed by atoms with E-state index in [-0.39, 0.29) is 28.7 Å². The van der Waals surface area contributed by atoms with Crippen LogP contribution in [0.15, 0.2) is 0 Å². The highest BCUT2D eigenvalue weighted by Crippen LogP contribution is 2.41. The summed E-state index contributed by atoms with van der Waals surface area (Å²) in [7, 11) is -4.25. The highest BCUT2D eigenvalue weighted by atomic mass is 28.4. The van der Waals surface area contributed by atoms with Gasteiger partial charge >= 0.3 is 0 Å². The van der Waals surface area contributed by atoms with E-state index in [0.717, 1.165) is 12.8 Å². The first-order valence-electron chi connectivity index (χ1n) is 21.7. The van der Waals surface area contributed by atoms with Crippen LogP contribution < -0.4 is 5.32 Å². The molecule has 1 unspecified atom stereocenters. The second-order valence-corrected chi connectivity index (χ2v) is 28.3. The minimum Gasteiger partial charge on any atom is -0.412 e. The first-order chi connectivity index (χ1) is 23.4. The smallest absolute Gasteiger partial charge is 0.220 e. The van der Waals surface area contributed by atoms with Crippen LogP contribution in [0.2, 0.25) is 36.3 Å². The molecule has 0 aromatic heterocycles. The van der Waals surface area contributed by atoms with Crippen LogP contribution in [0, 0.1) is 0 Å². The fraction of sp³-hybridized carbons (Fsp3) is 0.977. The minimum atomic E-state index is -2.18. The molecule has 50 heavy (non-hydrogen) atoms. The molecule has 0 aliphatic rings. The fourth-order valence-corrected chi connectivity index (χ4v) is 9.12. The molecule has 3 atom stereocenters. The van der Waals surface area contributed by atoms with E-state index in [1.54, 1.807) is 0 Å². The van der Waals surface area contributed by atoms with Crippen molar-refractivity contribution in [3.8, 4) is 0 Å². The van der Waals surface area contributed by atoms with Gasteiger partial charge in [-0.05, 0) is 49.6 Å². The van der Waals surface area contributed by atoms with Gasteiger partial charge in [-0.3, -0.25) is 4.79 Å². The summed E-state index contributed by atoms with van der Waals surface area (Å²) in [6, 6.07) is -0.485. The summed E-state index contributed by atoms with van der Waals surface area (Å²) in [5.74, 6) is 0.0101. The highest BCUT2D eigenvalue weighted by Gasteiger charge is 2.45. The number of carbonyl (C=O) groups excluding carboxylic acids is 1. The molecule has 1 amide bonds. The van der Waals surface area contributed by atoms with Crippen molar-refractivity contribution in [2.45, 2.75) is 264 Å². The topological polar surface area (TPSA) is 67.8 Å². The van der Waals surface area contributed by atoms with Gasteiger partial charge in [0, 0.05) is 6.42 Å². The number of carbonyl (C=O) groups is 1. The zero-order chi connectivity index (χ0) is 38.1. The first-order valence-corrected chi connectivity index (χ1v) is 27.5. The highest BCUT2D eigenvalue weighted by molar-refractivity contribution is 6.74. The third-order valence-corrected chi connectivity index (χ3v) is 21.0. The number of unbranched alkanes of at least 4 members (excludes halogenated alkanes) is 22. The molecule has 0 bridgehead atoms. The van der Waals surface area contributed by atoms with Crippen LogP contribution >= 0.6 is 0 Å². The second kappa shape index (κ2) is 27.4. The fourth-order valence-electron chi connectivity index (χ4n) is 6.31. The molecule has 0 aliphatic carbocycles. The summed E-state index contributed by atoms with van der Waals surface area (Å²) in [6.45, 7) is 26.6. The first kappa shape index (κ1) is 49.8. The van der Waals surface area contributed by atoms with Crippen molar-refractivity contribution in [3.05, 3.63) is 0 Å². The summed E-state index contributed by atoms with van der Waals surface area (Å²) in [5.41, 5.74) is 0. The Kier molecular flexibility index (Phi) is 27.3. The molecule has 0 spiro atoms. The summed E-state index contributed by atoms with van der Waals surface area (Å²) < 4.78 is 13.7. The van der Waals surface area contributed by atoms with Gasteiger partial charge in [0.25, 0.3) is 0 Å². The molecule has 2 N–H and O–H groups in total.